The number of carbonyl (C=O) groups is 3. The molecular formula is C20H26N4O3. The van der Waals surface area contributed by atoms with E-state index in [1.807, 2.05) is 12.1 Å². The molecule has 3 N–H and O–H groups in total. The molecular weight excluding hydrogens is 344 g/mol. The van der Waals surface area contributed by atoms with Gasteiger partial charge in [-0.2, -0.15) is 0 Å². The number of nitrogens with two attached hydrogens (primary N) is 1. The second-order valence-electron chi connectivity index (χ2n) is 8.03. The van der Waals surface area contributed by atoms with Crippen molar-refractivity contribution in [1.82, 2.24) is 15.1 Å². The van der Waals surface area contributed by atoms with E-state index in [2.05, 4.69) is 23.3 Å². The number of hydrogen-bond donors (Lipinski definition) is 2. The number of amides is 3. The third-order valence-corrected chi connectivity index (χ3v) is 6.48. The first-order chi connectivity index (χ1) is 12.9. The Bertz CT molecular complexity index is 797. The average molecular weight is 370 g/mol. The molecule has 7 nitrogen and oxygen atoms in total. The first-order valence-corrected chi connectivity index (χ1v) is 9.61. The third-order valence-electron chi connectivity index (χ3n) is 6.48. The van der Waals surface area contributed by atoms with E-state index in [4.69, 9.17) is 5.73 Å². The topological polar surface area (TPSA) is 95.7 Å². The lowest BCUT2D eigenvalue weighted by molar-refractivity contribution is -0.136. The van der Waals surface area contributed by atoms with Crippen molar-refractivity contribution < 1.29 is 14.4 Å². The maximum absolute atomic E-state index is 12.8. The van der Waals surface area contributed by atoms with Crippen molar-refractivity contribution >= 4 is 17.7 Å². The van der Waals surface area contributed by atoms with E-state index in [9.17, 15) is 14.4 Å². The summed E-state index contributed by atoms with van der Waals surface area (Å²) < 4.78 is 0. The van der Waals surface area contributed by atoms with E-state index in [1.54, 1.807) is 4.90 Å². The first kappa shape index (κ1) is 18.1. The quantitative estimate of drug-likeness (QED) is 0.746. The average Bonchev–Trinajstić information content (AvgIpc) is 2.90. The Hall–Kier alpha value is -2.25. The van der Waals surface area contributed by atoms with Crippen LogP contribution in [0.15, 0.2) is 18.2 Å². The third kappa shape index (κ3) is 3.04. The van der Waals surface area contributed by atoms with E-state index in [-0.39, 0.29) is 29.7 Å². The standard InChI is InChI=1S/C20H26N4O3/c1-23(20(12-21)7-2-8-20)10-13-3-4-15-14(9-13)11-24(19(15)27)16-5-6-17(25)22-18(16)26/h3-4,9,16H,2,5-8,10-12,21H2,1H3,(H,22,25,26). The van der Waals surface area contributed by atoms with Gasteiger partial charge in [-0.25, -0.2) is 0 Å². The van der Waals surface area contributed by atoms with E-state index in [0.29, 0.717) is 25.1 Å². The van der Waals surface area contributed by atoms with E-state index in [0.717, 1.165) is 30.5 Å². The second kappa shape index (κ2) is 6.73. The van der Waals surface area contributed by atoms with Crippen LogP contribution in [0.3, 0.4) is 0 Å². The first-order valence-electron chi connectivity index (χ1n) is 9.61. The van der Waals surface area contributed by atoms with Crippen LogP contribution in [0.4, 0.5) is 0 Å². The molecule has 1 saturated carbocycles. The second-order valence-corrected chi connectivity index (χ2v) is 8.03. The van der Waals surface area contributed by atoms with Crippen molar-refractivity contribution in [3.8, 4) is 0 Å². The Morgan fingerprint density at radius 1 is 1.30 bits per heavy atom. The molecule has 1 aromatic carbocycles. The van der Waals surface area contributed by atoms with Crippen molar-refractivity contribution in [3.63, 3.8) is 0 Å². The number of hydrogen-bond acceptors (Lipinski definition) is 5. The van der Waals surface area contributed by atoms with Crippen LogP contribution in [0.5, 0.6) is 0 Å². The minimum Gasteiger partial charge on any atom is -0.329 e. The van der Waals surface area contributed by atoms with E-state index >= 15 is 0 Å². The van der Waals surface area contributed by atoms with Gasteiger partial charge in [0.2, 0.25) is 11.8 Å². The van der Waals surface area contributed by atoms with Crippen molar-refractivity contribution in [2.45, 2.75) is 56.8 Å². The van der Waals surface area contributed by atoms with Crippen LogP contribution in [0.1, 0.15) is 53.6 Å². The monoisotopic (exact) mass is 370 g/mol. The number of imide groups is 1. The highest BCUT2D eigenvalue weighted by Crippen LogP contribution is 2.37. The maximum atomic E-state index is 12.8. The highest BCUT2D eigenvalue weighted by molar-refractivity contribution is 6.05. The highest BCUT2D eigenvalue weighted by atomic mass is 16.2. The summed E-state index contributed by atoms with van der Waals surface area (Å²) >= 11 is 0. The summed E-state index contributed by atoms with van der Waals surface area (Å²) in [6, 6.07) is 5.36. The molecule has 2 aliphatic heterocycles. The number of nitrogens with one attached hydrogen (secondary N) is 1. The SMILES string of the molecule is CN(Cc1ccc2c(c1)CN(C1CCC(=O)NC1=O)C2=O)C1(CN)CCC1. The number of likely N-dealkylation sites (N-methyl/N-ethyl adjacent to an activating group) is 1. The van der Waals surface area contributed by atoms with Gasteiger partial charge in [0.15, 0.2) is 0 Å². The van der Waals surface area contributed by atoms with Crippen molar-refractivity contribution in [1.29, 1.82) is 0 Å². The van der Waals surface area contributed by atoms with Gasteiger partial charge in [-0.1, -0.05) is 12.1 Å². The van der Waals surface area contributed by atoms with Crippen molar-refractivity contribution in [3.05, 3.63) is 34.9 Å². The molecule has 4 rings (SSSR count). The molecule has 1 aromatic rings. The molecule has 1 atom stereocenters. The summed E-state index contributed by atoms with van der Waals surface area (Å²) in [7, 11) is 2.11. The predicted octanol–water partition coefficient (Wildman–Crippen LogP) is 0.761. The molecule has 0 spiro atoms. The molecule has 0 radical (unpaired) electrons. The minimum atomic E-state index is -0.566. The smallest absolute Gasteiger partial charge is 0.255 e. The van der Waals surface area contributed by atoms with Gasteiger partial charge in [0, 0.05) is 37.2 Å². The number of carbonyl (C=O) groups excluding carboxylic acids is 3. The molecule has 1 unspecified atom stereocenters. The Balaban J connectivity index is 1.49. The fourth-order valence-corrected chi connectivity index (χ4v) is 4.49. The van der Waals surface area contributed by atoms with Crippen LogP contribution in [-0.4, -0.2) is 52.7 Å². The van der Waals surface area contributed by atoms with Gasteiger partial charge in [0.1, 0.15) is 6.04 Å². The van der Waals surface area contributed by atoms with Gasteiger partial charge in [-0.15, -0.1) is 0 Å². The van der Waals surface area contributed by atoms with E-state index in [1.165, 1.54) is 6.42 Å². The molecule has 2 heterocycles. The lowest BCUT2D eigenvalue weighted by Gasteiger charge is -2.48. The summed E-state index contributed by atoms with van der Waals surface area (Å²) in [5.74, 6) is -0.769. The predicted molar refractivity (Wildman–Crippen MR) is 99.6 cm³/mol. The Kier molecular flexibility index (Phi) is 4.52. The van der Waals surface area contributed by atoms with Crippen molar-refractivity contribution in [2.75, 3.05) is 13.6 Å². The lowest BCUT2D eigenvalue weighted by atomic mass is 9.75. The highest BCUT2D eigenvalue weighted by Gasteiger charge is 2.40. The number of piperidine rings is 1. The largest absolute Gasteiger partial charge is 0.329 e. The number of rotatable bonds is 5. The molecule has 3 aliphatic rings. The fourth-order valence-electron chi connectivity index (χ4n) is 4.49. The van der Waals surface area contributed by atoms with Crippen LogP contribution >= 0.6 is 0 Å². The minimum absolute atomic E-state index is 0.105. The fraction of sp³-hybridized carbons (Fsp3) is 0.550. The Labute approximate surface area is 158 Å². The number of nitrogens with zero attached hydrogens (tertiary/aromatic N) is 2. The zero-order chi connectivity index (χ0) is 19.2. The number of fused-ring (bicyclic) bond motifs is 1. The van der Waals surface area contributed by atoms with E-state index < -0.39 is 6.04 Å². The van der Waals surface area contributed by atoms with Crippen LogP contribution in [0.2, 0.25) is 0 Å². The van der Waals surface area contributed by atoms with Crippen LogP contribution in [-0.2, 0) is 22.7 Å². The lowest BCUT2D eigenvalue weighted by Crippen LogP contribution is -2.56. The molecule has 0 bridgehead atoms. The van der Waals surface area contributed by atoms with Crippen molar-refractivity contribution in [2.24, 2.45) is 5.73 Å². The van der Waals surface area contributed by atoms with Gasteiger partial charge < -0.3 is 10.6 Å². The molecule has 144 valence electrons. The van der Waals surface area contributed by atoms with Gasteiger partial charge in [0.25, 0.3) is 5.91 Å². The normalized spacial score (nSPS) is 24.0. The summed E-state index contributed by atoms with van der Waals surface area (Å²) in [6.45, 7) is 1.87. The molecule has 2 fully saturated rings. The molecule has 7 heteroatoms. The number of benzene rings is 1. The van der Waals surface area contributed by atoms with Crippen LogP contribution in [0.25, 0.3) is 0 Å². The maximum Gasteiger partial charge on any atom is 0.255 e. The van der Waals surface area contributed by atoms with Gasteiger partial charge in [-0.05, 0) is 49.9 Å². The van der Waals surface area contributed by atoms with Gasteiger partial charge in [-0.3, -0.25) is 24.6 Å². The Morgan fingerprint density at radius 3 is 2.70 bits per heavy atom. The zero-order valence-corrected chi connectivity index (χ0v) is 15.7. The Morgan fingerprint density at radius 2 is 2.07 bits per heavy atom. The molecule has 1 saturated heterocycles. The van der Waals surface area contributed by atoms with Gasteiger partial charge in [0.05, 0.1) is 0 Å². The van der Waals surface area contributed by atoms with Crippen LogP contribution < -0.4 is 11.1 Å². The molecule has 1 aliphatic carbocycles. The summed E-state index contributed by atoms with van der Waals surface area (Å²) in [5.41, 5.74) is 8.86. The summed E-state index contributed by atoms with van der Waals surface area (Å²) in [6.07, 6.45) is 4.15. The van der Waals surface area contributed by atoms with Gasteiger partial charge >= 0.3 is 0 Å². The summed E-state index contributed by atoms with van der Waals surface area (Å²) in [5, 5.41) is 2.34. The zero-order valence-electron chi connectivity index (χ0n) is 15.7. The molecule has 3 amide bonds. The van der Waals surface area contributed by atoms with Crippen LogP contribution in [0, 0.1) is 0 Å². The molecule has 27 heavy (non-hydrogen) atoms. The molecule has 0 aromatic heterocycles. The summed E-state index contributed by atoms with van der Waals surface area (Å²) in [4.78, 5) is 40.2.